The molecule has 0 saturated carbocycles. The summed E-state index contributed by atoms with van der Waals surface area (Å²) in [6.45, 7) is 0. The Kier molecular flexibility index (Phi) is 6.10. The standard InChI is InChI=1S/C22H13N7O2S/c23-13-17-12-19(29(30)31)9-10-20(17)26-25-18-8-4-5-15(11-18)14-24-22-28-27-21(32-22)16-6-2-1-3-7-16/h1-12,14H/b24-14+,26-25?. The first kappa shape index (κ1) is 20.6. The van der Waals surface area contributed by atoms with Gasteiger partial charge in [0.1, 0.15) is 16.8 Å². The quantitative estimate of drug-likeness (QED) is 0.154. The van der Waals surface area contributed by atoms with Crippen LogP contribution < -0.4 is 0 Å². The van der Waals surface area contributed by atoms with Crippen LogP contribution in [-0.4, -0.2) is 21.3 Å². The summed E-state index contributed by atoms with van der Waals surface area (Å²) in [7, 11) is 0. The number of azo groups is 1. The summed E-state index contributed by atoms with van der Waals surface area (Å²) >= 11 is 1.38. The van der Waals surface area contributed by atoms with Gasteiger partial charge in [-0.25, -0.2) is 4.99 Å². The van der Waals surface area contributed by atoms with Crippen LogP contribution in [0.2, 0.25) is 0 Å². The van der Waals surface area contributed by atoms with Crippen LogP contribution in [0.4, 0.5) is 22.2 Å². The topological polar surface area (TPSA) is 130 Å². The van der Waals surface area contributed by atoms with Crippen molar-refractivity contribution in [3.05, 3.63) is 94.0 Å². The monoisotopic (exact) mass is 439 g/mol. The zero-order valence-electron chi connectivity index (χ0n) is 16.4. The molecule has 1 aromatic heterocycles. The summed E-state index contributed by atoms with van der Waals surface area (Å²) < 4.78 is 0. The molecule has 0 aliphatic rings. The summed E-state index contributed by atoms with van der Waals surface area (Å²) in [5.41, 5.74) is 2.45. The molecule has 0 fully saturated rings. The van der Waals surface area contributed by atoms with Crippen molar-refractivity contribution in [3.8, 4) is 16.6 Å². The molecule has 0 aliphatic carbocycles. The van der Waals surface area contributed by atoms with Crippen LogP contribution >= 0.6 is 11.3 Å². The SMILES string of the molecule is N#Cc1cc([N+](=O)[O-])ccc1N=Nc1cccc(/C=N/c2nnc(-c3ccccc3)s2)c1. The van der Waals surface area contributed by atoms with Gasteiger partial charge in [-0.05, 0) is 23.8 Å². The minimum absolute atomic E-state index is 0.0751. The molecule has 0 spiro atoms. The molecule has 0 amide bonds. The van der Waals surface area contributed by atoms with Crippen molar-refractivity contribution in [2.45, 2.75) is 0 Å². The van der Waals surface area contributed by atoms with E-state index in [1.165, 1.54) is 29.5 Å². The van der Waals surface area contributed by atoms with E-state index in [4.69, 9.17) is 0 Å². The van der Waals surface area contributed by atoms with Gasteiger partial charge in [0.25, 0.3) is 5.69 Å². The lowest BCUT2D eigenvalue weighted by molar-refractivity contribution is -0.384. The highest BCUT2D eigenvalue weighted by molar-refractivity contribution is 7.18. The number of hydrogen-bond acceptors (Lipinski definition) is 9. The number of nitro groups is 1. The molecule has 4 rings (SSSR count). The highest BCUT2D eigenvalue weighted by Crippen LogP contribution is 2.28. The van der Waals surface area contributed by atoms with Crippen LogP contribution in [0.1, 0.15) is 11.1 Å². The van der Waals surface area contributed by atoms with Gasteiger partial charge in [0, 0.05) is 23.9 Å². The Morgan fingerprint density at radius 2 is 1.84 bits per heavy atom. The first-order chi connectivity index (χ1) is 15.6. The third-order valence-corrected chi connectivity index (χ3v) is 5.09. The molecular formula is C22H13N7O2S. The summed E-state index contributed by atoms with van der Waals surface area (Å²) in [5, 5.41) is 37.8. The molecule has 0 radical (unpaired) electrons. The van der Waals surface area contributed by atoms with Gasteiger partial charge in [-0.2, -0.15) is 10.4 Å². The predicted molar refractivity (Wildman–Crippen MR) is 121 cm³/mol. The van der Waals surface area contributed by atoms with Crippen molar-refractivity contribution in [2.24, 2.45) is 15.2 Å². The Balaban J connectivity index is 1.50. The van der Waals surface area contributed by atoms with Gasteiger partial charge in [-0.1, -0.05) is 53.8 Å². The lowest BCUT2D eigenvalue weighted by Crippen LogP contribution is -1.88. The van der Waals surface area contributed by atoms with Gasteiger partial charge >= 0.3 is 0 Å². The fraction of sp³-hybridized carbons (Fsp3) is 0. The molecule has 4 aromatic rings. The minimum atomic E-state index is -0.564. The van der Waals surface area contributed by atoms with Gasteiger partial charge in [0.15, 0.2) is 0 Å². The van der Waals surface area contributed by atoms with Gasteiger partial charge in [0.05, 0.1) is 16.2 Å². The van der Waals surface area contributed by atoms with Gasteiger partial charge in [-0.3, -0.25) is 10.1 Å². The van der Waals surface area contributed by atoms with E-state index >= 15 is 0 Å². The van der Waals surface area contributed by atoms with E-state index in [2.05, 4.69) is 25.4 Å². The van der Waals surface area contributed by atoms with Gasteiger partial charge in [-0.15, -0.1) is 15.3 Å². The van der Waals surface area contributed by atoms with Crippen LogP contribution in [0, 0.1) is 21.4 Å². The van der Waals surface area contributed by atoms with E-state index in [1.807, 2.05) is 42.5 Å². The van der Waals surface area contributed by atoms with Crippen LogP contribution in [-0.2, 0) is 0 Å². The number of nitriles is 1. The first-order valence-electron chi connectivity index (χ1n) is 9.26. The van der Waals surface area contributed by atoms with E-state index in [-0.39, 0.29) is 16.9 Å². The van der Waals surface area contributed by atoms with E-state index < -0.39 is 4.92 Å². The Hall–Kier alpha value is -4.62. The second-order valence-electron chi connectivity index (χ2n) is 6.38. The minimum Gasteiger partial charge on any atom is -0.258 e. The summed E-state index contributed by atoms with van der Waals surface area (Å²) in [6, 6.07) is 22.7. The lowest BCUT2D eigenvalue weighted by atomic mass is 10.2. The average Bonchev–Trinajstić information content (AvgIpc) is 3.31. The zero-order valence-corrected chi connectivity index (χ0v) is 17.2. The summed E-state index contributed by atoms with van der Waals surface area (Å²) in [6.07, 6.45) is 1.65. The molecule has 0 N–H and O–H groups in total. The Morgan fingerprint density at radius 1 is 1.00 bits per heavy atom. The van der Waals surface area contributed by atoms with Crippen molar-refractivity contribution < 1.29 is 4.92 Å². The molecule has 0 bridgehead atoms. The molecule has 32 heavy (non-hydrogen) atoms. The molecule has 0 aliphatic heterocycles. The number of nitro benzene ring substituents is 1. The molecule has 0 saturated heterocycles. The highest BCUT2D eigenvalue weighted by Gasteiger charge is 2.10. The fourth-order valence-electron chi connectivity index (χ4n) is 2.69. The van der Waals surface area contributed by atoms with Crippen LogP contribution in [0.15, 0.2) is 88.0 Å². The predicted octanol–water partition coefficient (Wildman–Crippen LogP) is 6.15. The summed E-state index contributed by atoms with van der Waals surface area (Å²) in [4.78, 5) is 14.7. The molecule has 0 unspecified atom stereocenters. The molecule has 10 heteroatoms. The number of benzene rings is 3. The normalized spacial score (nSPS) is 11.1. The van der Waals surface area contributed by atoms with E-state index in [1.54, 1.807) is 24.4 Å². The van der Waals surface area contributed by atoms with Crippen molar-refractivity contribution in [2.75, 3.05) is 0 Å². The highest BCUT2D eigenvalue weighted by atomic mass is 32.1. The van der Waals surface area contributed by atoms with Crippen molar-refractivity contribution in [1.29, 1.82) is 5.26 Å². The number of aromatic nitrogens is 2. The molecule has 1 heterocycles. The second kappa shape index (κ2) is 9.46. The maximum Gasteiger partial charge on any atom is 0.270 e. The third-order valence-electron chi connectivity index (χ3n) is 4.21. The van der Waals surface area contributed by atoms with E-state index in [0.717, 1.165) is 16.1 Å². The largest absolute Gasteiger partial charge is 0.270 e. The number of hydrogen-bond donors (Lipinski definition) is 0. The van der Waals surface area contributed by atoms with E-state index in [0.29, 0.717) is 10.8 Å². The van der Waals surface area contributed by atoms with Crippen LogP contribution in [0.3, 0.4) is 0 Å². The van der Waals surface area contributed by atoms with E-state index in [9.17, 15) is 15.4 Å². The Bertz CT molecular complexity index is 1370. The van der Waals surface area contributed by atoms with Crippen molar-refractivity contribution in [1.82, 2.24) is 10.2 Å². The van der Waals surface area contributed by atoms with Gasteiger partial charge < -0.3 is 0 Å². The summed E-state index contributed by atoms with van der Waals surface area (Å²) in [5.74, 6) is 0. The molecule has 3 aromatic carbocycles. The molecule has 154 valence electrons. The van der Waals surface area contributed by atoms with Crippen molar-refractivity contribution >= 4 is 39.7 Å². The number of nitrogens with zero attached hydrogens (tertiary/aromatic N) is 7. The van der Waals surface area contributed by atoms with Crippen LogP contribution in [0.25, 0.3) is 10.6 Å². The number of aliphatic imine (C=N–C) groups is 1. The first-order valence-corrected chi connectivity index (χ1v) is 10.1. The van der Waals surface area contributed by atoms with Crippen molar-refractivity contribution in [3.63, 3.8) is 0 Å². The molecule has 0 atom stereocenters. The number of non-ortho nitro benzene ring substituents is 1. The maximum absolute atomic E-state index is 10.9. The smallest absolute Gasteiger partial charge is 0.258 e. The Labute approximate surface area is 186 Å². The zero-order chi connectivity index (χ0) is 22.3. The second-order valence-corrected chi connectivity index (χ2v) is 7.34. The third kappa shape index (κ3) is 4.92. The molecule has 9 nitrogen and oxygen atoms in total. The van der Waals surface area contributed by atoms with Crippen LogP contribution in [0.5, 0.6) is 0 Å². The van der Waals surface area contributed by atoms with Gasteiger partial charge in [0.2, 0.25) is 5.13 Å². The maximum atomic E-state index is 10.9. The average molecular weight is 439 g/mol. The molecular weight excluding hydrogens is 426 g/mol. The fourth-order valence-corrected chi connectivity index (χ4v) is 3.38. The Morgan fingerprint density at radius 3 is 2.62 bits per heavy atom. The number of rotatable bonds is 6. The lowest BCUT2D eigenvalue weighted by Gasteiger charge is -1.98.